The van der Waals surface area contributed by atoms with Gasteiger partial charge in [-0.25, -0.2) is 4.85 Å². The predicted molar refractivity (Wildman–Crippen MR) is 111 cm³/mol. The molecule has 4 nitrogen and oxygen atoms in total. The monoisotopic (exact) mass is 412 g/mol. The Labute approximate surface area is 171 Å². The first kappa shape index (κ1) is 19.5. The molecule has 0 bridgehead atoms. The van der Waals surface area contributed by atoms with E-state index >= 15 is 8.78 Å². The summed E-state index contributed by atoms with van der Waals surface area (Å²) >= 11 is 0.978. The van der Waals surface area contributed by atoms with E-state index in [0.29, 0.717) is 36.7 Å². The summed E-state index contributed by atoms with van der Waals surface area (Å²) in [6.45, 7) is 10.8. The summed E-state index contributed by atoms with van der Waals surface area (Å²) in [6, 6.07) is 11.7. The van der Waals surface area contributed by atoms with Crippen LogP contribution in [0.5, 0.6) is 0 Å². The number of morpholine rings is 1. The third-order valence-electron chi connectivity index (χ3n) is 5.02. The average Bonchev–Trinajstić information content (AvgIpc) is 3.15. The van der Waals surface area contributed by atoms with Crippen LogP contribution in [0.15, 0.2) is 42.5 Å². The first-order valence-corrected chi connectivity index (χ1v) is 10.0. The van der Waals surface area contributed by atoms with Crippen molar-refractivity contribution in [3.05, 3.63) is 69.9 Å². The van der Waals surface area contributed by atoms with Gasteiger partial charge in [-0.3, -0.25) is 4.79 Å². The third-order valence-corrected chi connectivity index (χ3v) is 6.36. The second kappa shape index (κ2) is 7.54. The number of halogens is 2. The van der Waals surface area contributed by atoms with E-state index in [-0.39, 0.29) is 16.1 Å². The number of Topliss-reactive ketones (excluding diaryl/α,β-unsaturated/α-hetero) is 1. The number of alkyl halides is 2. The van der Waals surface area contributed by atoms with Crippen molar-refractivity contribution >= 4 is 38.6 Å². The molecule has 1 fully saturated rings. The molecule has 0 amide bonds. The molecule has 1 aliphatic heterocycles. The molecule has 3 aromatic rings. The Bertz CT molecular complexity index is 1130. The summed E-state index contributed by atoms with van der Waals surface area (Å²) in [5.41, 5.74) is -0.850. The lowest BCUT2D eigenvalue weighted by Gasteiger charge is -2.28. The number of ketones is 1. The van der Waals surface area contributed by atoms with Crippen LogP contribution < -0.4 is 4.90 Å². The van der Waals surface area contributed by atoms with Crippen molar-refractivity contribution in [3.63, 3.8) is 0 Å². The number of rotatable bonds is 4. The minimum Gasteiger partial charge on any atom is -0.378 e. The maximum absolute atomic E-state index is 15.7. The largest absolute Gasteiger partial charge is 0.378 e. The van der Waals surface area contributed by atoms with E-state index in [9.17, 15) is 4.79 Å². The molecule has 1 saturated heterocycles. The number of anilines is 1. The lowest BCUT2D eigenvalue weighted by atomic mass is 9.96. The normalized spacial score (nSPS) is 14.8. The smallest absolute Gasteiger partial charge is 0.291 e. The maximum Gasteiger partial charge on any atom is 0.291 e. The first-order chi connectivity index (χ1) is 13.9. The average molecular weight is 412 g/mol. The van der Waals surface area contributed by atoms with Crippen LogP contribution in [-0.4, -0.2) is 32.1 Å². The Morgan fingerprint density at radius 1 is 1.17 bits per heavy atom. The molecule has 0 atom stereocenters. The molecular formula is C22H18F2N2O2S. The van der Waals surface area contributed by atoms with E-state index < -0.39 is 17.3 Å². The van der Waals surface area contributed by atoms with Gasteiger partial charge in [0.2, 0.25) is 5.69 Å². The molecule has 0 radical (unpaired) electrons. The molecule has 0 spiro atoms. The van der Waals surface area contributed by atoms with Gasteiger partial charge in [-0.15, -0.1) is 11.3 Å². The van der Waals surface area contributed by atoms with Gasteiger partial charge in [0.05, 0.1) is 35.2 Å². The Kier molecular flexibility index (Phi) is 5.07. The SMILES string of the molecule is [C-]#[N+]c1c(N2CCOCC2)sc(C(C)=O)c1C(F)(F)c1ccc2ccccc2c1. The summed E-state index contributed by atoms with van der Waals surface area (Å²) in [6.07, 6.45) is 0. The number of nitrogens with zero attached hydrogens (tertiary/aromatic N) is 2. The van der Waals surface area contributed by atoms with Crippen LogP contribution >= 0.6 is 11.3 Å². The predicted octanol–water partition coefficient (Wildman–Crippen LogP) is 5.63. The van der Waals surface area contributed by atoms with Crippen molar-refractivity contribution < 1.29 is 18.3 Å². The molecule has 7 heteroatoms. The quantitative estimate of drug-likeness (QED) is 0.411. The molecule has 0 unspecified atom stereocenters. The minimum absolute atomic E-state index is 0.0596. The van der Waals surface area contributed by atoms with Crippen LogP contribution in [0.25, 0.3) is 15.6 Å². The van der Waals surface area contributed by atoms with E-state index in [2.05, 4.69) is 4.85 Å². The van der Waals surface area contributed by atoms with Gasteiger partial charge in [0.1, 0.15) is 0 Å². The van der Waals surface area contributed by atoms with Gasteiger partial charge in [0.25, 0.3) is 5.92 Å². The summed E-state index contributed by atoms with van der Waals surface area (Å²) in [4.78, 5) is 17.5. The van der Waals surface area contributed by atoms with Gasteiger partial charge >= 0.3 is 0 Å². The van der Waals surface area contributed by atoms with Crippen LogP contribution in [0.2, 0.25) is 0 Å². The molecule has 1 aromatic heterocycles. The van der Waals surface area contributed by atoms with E-state index in [0.717, 1.165) is 16.7 Å². The summed E-state index contributed by atoms with van der Waals surface area (Å²) in [7, 11) is 0. The Hall–Kier alpha value is -2.82. The highest BCUT2D eigenvalue weighted by molar-refractivity contribution is 7.19. The molecular weight excluding hydrogens is 394 g/mol. The second-order valence-corrected chi connectivity index (χ2v) is 7.86. The number of benzene rings is 2. The van der Waals surface area contributed by atoms with Crippen molar-refractivity contribution in [3.8, 4) is 0 Å². The fourth-order valence-corrected chi connectivity index (χ4v) is 4.78. The van der Waals surface area contributed by atoms with Crippen molar-refractivity contribution in [1.82, 2.24) is 0 Å². The molecule has 148 valence electrons. The number of fused-ring (bicyclic) bond motifs is 1. The third kappa shape index (κ3) is 3.39. The van der Waals surface area contributed by atoms with E-state index in [4.69, 9.17) is 11.3 Å². The van der Waals surface area contributed by atoms with Crippen LogP contribution in [0.4, 0.5) is 19.5 Å². The highest BCUT2D eigenvalue weighted by atomic mass is 32.1. The van der Waals surface area contributed by atoms with Crippen molar-refractivity contribution in [2.45, 2.75) is 12.8 Å². The van der Waals surface area contributed by atoms with E-state index in [1.165, 1.54) is 19.1 Å². The van der Waals surface area contributed by atoms with Gasteiger partial charge in [0, 0.05) is 18.7 Å². The van der Waals surface area contributed by atoms with Gasteiger partial charge in [0.15, 0.2) is 5.78 Å². The summed E-state index contributed by atoms with van der Waals surface area (Å²) < 4.78 is 36.8. The molecule has 0 saturated carbocycles. The van der Waals surface area contributed by atoms with Crippen LogP contribution in [0, 0.1) is 6.57 Å². The molecule has 4 rings (SSSR count). The van der Waals surface area contributed by atoms with E-state index in [1.54, 1.807) is 18.2 Å². The van der Waals surface area contributed by atoms with Gasteiger partial charge in [-0.2, -0.15) is 8.78 Å². The van der Waals surface area contributed by atoms with Crippen molar-refractivity contribution in [2.75, 3.05) is 31.2 Å². The highest BCUT2D eigenvalue weighted by Crippen LogP contribution is 2.52. The zero-order valence-electron chi connectivity index (χ0n) is 15.7. The van der Waals surface area contributed by atoms with Gasteiger partial charge in [-0.1, -0.05) is 36.4 Å². The lowest BCUT2D eigenvalue weighted by Crippen LogP contribution is -2.35. The second-order valence-electron chi connectivity index (χ2n) is 6.86. The number of thiophene rings is 1. The topological polar surface area (TPSA) is 33.9 Å². The number of hydrogen-bond donors (Lipinski definition) is 0. The fourth-order valence-electron chi connectivity index (χ4n) is 3.56. The van der Waals surface area contributed by atoms with Crippen LogP contribution in [0.3, 0.4) is 0 Å². The fraction of sp³-hybridized carbons (Fsp3) is 0.273. The van der Waals surface area contributed by atoms with Crippen molar-refractivity contribution in [1.29, 1.82) is 0 Å². The standard InChI is InChI=1S/C22H18F2N2O2S/c1-14(27)20-18(19(25-2)21(29-20)26-9-11-28-12-10-26)22(23,24)17-8-7-15-5-3-4-6-16(15)13-17/h3-8,13H,9-12H2,1H3. The highest BCUT2D eigenvalue weighted by Gasteiger charge is 2.43. The van der Waals surface area contributed by atoms with Crippen LogP contribution in [-0.2, 0) is 10.7 Å². The molecule has 1 aliphatic rings. The zero-order valence-corrected chi connectivity index (χ0v) is 16.6. The Morgan fingerprint density at radius 2 is 1.86 bits per heavy atom. The van der Waals surface area contributed by atoms with E-state index in [1.807, 2.05) is 17.0 Å². The summed E-state index contributed by atoms with van der Waals surface area (Å²) in [5, 5.41) is 1.95. The lowest BCUT2D eigenvalue weighted by molar-refractivity contribution is 0.0431. The first-order valence-electron chi connectivity index (χ1n) is 9.19. The number of hydrogen-bond acceptors (Lipinski definition) is 4. The van der Waals surface area contributed by atoms with Gasteiger partial charge in [-0.05, 0) is 23.8 Å². The molecule has 0 aliphatic carbocycles. The molecule has 0 N–H and O–H groups in total. The Morgan fingerprint density at radius 3 is 2.52 bits per heavy atom. The molecule has 2 aromatic carbocycles. The zero-order chi connectivity index (χ0) is 20.6. The van der Waals surface area contributed by atoms with Crippen molar-refractivity contribution in [2.24, 2.45) is 0 Å². The molecule has 29 heavy (non-hydrogen) atoms. The number of carbonyl (C=O) groups is 1. The maximum atomic E-state index is 15.7. The van der Waals surface area contributed by atoms with Gasteiger partial charge < -0.3 is 9.64 Å². The molecule has 2 heterocycles. The Balaban J connectivity index is 1.90. The number of carbonyl (C=O) groups excluding carboxylic acids is 1. The minimum atomic E-state index is -3.47. The van der Waals surface area contributed by atoms with Crippen LogP contribution in [0.1, 0.15) is 27.7 Å². The summed E-state index contributed by atoms with van der Waals surface area (Å²) in [5.74, 6) is -3.93. The number of ether oxygens (including phenoxy) is 1.